The van der Waals surface area contributed by atoms with Crippen LogP contribution in [0.1, 0.15) is 18.7 Å². The molecule has 0 fully saturated rings. The van der Waals surface area contributed by atoms with Crippen molar-refractivity contribution >= 4 is 11.3 Å². The van der Waals surface area contributed by atoms with Crippen LogP contribution < -0.4 is 11.3 Å². The first-order chi connectivity index (χ1) is 6.98. The summed E-state index contributed by atoms with van der Waals surface area (Å²) in [5.41, 5.74) is 2.97. The van der Waals surface area contributed by atoms with Gasteiger partial charge in [0.1, 0.15) is 0 Å². The van der Waals surface area contributed by atoms with Crippen LogP contribution in [-0.2, 0) is 6.42 Å². The van der Waals surface area contributed by atoms with Gasteiger partial charge in [0, 0.05) is 22.9 Å². The monoisotopic (exact) mass is 227 g/mol. The number of likely N-dealkylation sites (N-methyl/N-ethyl adjacent to an activating group) is 1. The van der Waals surface area contributed by atoms with Crippen molar-refractivity contribution in [2.75, 3.05) is 14.1 Å². The Balaban J connectivity index is 2.71. The van der Waals surface area contributed by atoms with Crippen molar-refractivity contribution in [2.24, 2.45) is 5.84 Å². The van der Waals surface area contributed by atoms with E-state index in [-0.39, 0.29) is 11.6 Å². The summed E-state index contributed by atoms with van der Waals surface area (Å²) in [6.07, 6.45) is 0.972. The van der Waals surface area contributed by atoms with Crippen molar-refractivity contribution in [3.05, 3.63) is 22.4 Å². The van der Waals surface area contributed by atoms with Gasteiger partial charge >= 0.3 is 0 Å². The molecule has 0 aromatic carbocycles. The molecule has 0 spiro atoms. The fourth-order valence-electron chi connectivity index (χ4n) is 1.45. The topological polar surface area (TPSA) is 41.3 Å². The molecule has 0 saturated heterocycles. The molecule has 1 atom stereocenters. The zero-order valence-electron chi connectivity index (χ0n) is 9.95. The molecule has 0 amide bonds. The average Bonchev–Trinajstić information content (AvgIpc) is 2.65. The largest absolute Gasteiger partial charge is 0.303 e. The Kier molecular flexibility index (Phi) is 4.28. The van der Waals surface area contributed by atoms with E-state index in [1.807, 2.05) is 0 Å². The van der Waals surface area contributed by atoms with Gasteiger partial charge in [0.15, 0.2) is 0 Å². The van der Waals surface area contributed by atoms with Crippen molar-refractivity contribution in [2.45, 2.75) is 31.8 Å². The predicted molar refractivity (Wildman–Crippen MR) is 66.9 cm³/mol. The van der Waals surface area contributed by atoms with Gasteiger partial charge in [0.2, 0.25) is 0 Å². The molecule has 0 aliphatic rings. The van der Waals surface area contributed by atoms with Gasteiger partial charge in [-0.25, -0.2) is 0 Å². The highest BCUT2D eigenvalue weighted by molar-refractivity contribution is 7.09. The normalized spacial score (nSPS) is 14.5. The second-order valence-corrected chi connectivity index (χ2v) is 5.58. The maximum Gasteiger partial charge on any atom is 0.0437 e. The lowest BCUT2D eigenvalue weighted by Gasteiger charge is -2.39. The molecule has 4 heteroatoms. The summed E-state index contributed by atoms with van der Waals surface area (Å²) in [5, 5.41) is 2.10. The summed E-state index contributed by atoms with van der Waals surface area (Å²) < 4.78 is 0. The van der Waals surface area contributed by atoms with Gasteiger partial charge in [-0.15, -0.1) is 11.3 Å². The minimum absolute atomic E-state index is 0.0404. The quantitative estimate of drug-likeness (QED) is 0.591. The second-order valence-electron chi connectivity index (χ2n) is 4.55. The van der Waals surface area contributed by atoms with Gasteiger partial charge < -0.3 is 4.90 Å². The zero-order valence-corrected chi connectivity index (χ0v) is 10.8. The highest BCUT2D eigenvalue weighted by Gasteiger charge is 2.30. The summed E-state index contributed by atoms with van der Waals surface area (Å²) in [6.45, 7) is 4.40. The number of nitrogens with one attached hydrogen (secondary N) is 1. The number of hydrazine groups is 1. The molecule has 86 valence electrons. The predicted octanol–water partition coefficient (Wildman–Crippen LogP) is 1.46. The van der Waals surface area contributed by atoms with Crippen LogP contribution in [-0.4, -0.2) is 30.6 Å². The molecule has 0 bridgehead atoms. The summed E-state index contributed by atoms with van der Waals surface area (Å²) in [5.74, 6) is 5.64. The Morgan fingerprint density at radius 1 is 1.53 bits per heavy atom. The third-order valence-electron chi connectivity index (χ3n) is 3.19. The molecule has 1 unspecified atom stereocenters. The Morgan fingerprint density at radius 3 is 2.60 bits per heavy atom. The Labute approximate surface area is 96.2 Å². The summed E-state index contributed by atoms with van der Waals surface area (Å²) in [7, 11) is 4.16. The van der Waals surface area contributed by atoms with E-state index in [1.54, 1.807) is 11.3 Å². The summed E-state index contributed by atoms with van der Waals surface area (Å²) >= 11 is 1.78. The van der Waals surface area contributed by atoms with E-state index in [4.69, 9.17) is 5.84 Å². The third kappa shape index (κ3) is 3.01. The Hall–Kier alpha value is -0.420. The van der Waals surface area contributed by atoms with Crippen LogP contribution in [0, 0.1) is 0 Å². The smallest absolute Gasteiger partial charge is 0.0437 e. The number of hydrogen-bond donors (Lipinski definition) is 2. The molecule has 1 aromatic rings. The lowest BCUT2D eigenvalue weighted by Crippen LogP contribution is -2.58. The molecule has 1 heterocycles. The van der Waals surface area contributed by atoms with E-state index < -0.39 is 0 Å². The first-order valence-electron chi connectivity index (χ1n) is 5.14. The number of hydrogen-bond acceptors (Lipinski definition) is 4. The maximum absolute atomic E-state index is 5.64. The lowest BCUT2D eigenvalue weighted by atomic mass is 9.91. The van der Waals surface area contributed by atoms with E-state index in [0.717, 1.165) is 6.42 Å². The van der Waals surface area contributed by atoms with Crippen LogP contribution in [0.3, 0.4) is 0 Å². The number of nitrogens with zero attached hydrogens (tertiary/aromatic N) is 1. The van der Waals surface area contributed by atoms with E-state index in [9.17, 15) is 0 Å². The van der Waals surface area contributed by atoms with Gasteiger partial charge in [-0.3, -0.25) is 11.3 Å². The van der Waals surface area contributed by atoms with Gasteiger partial charge in [-0.05, 0) is 39.4 Å². The minimum Gasteiger partial charge on any atom is -0.303 e. The molecule has 1 aromatic heterocycles. The molecule has 3 nitrogen and oxygen atoms in total. The molecule has 0 aliphatic heterocycles. The van der Waals surface area contributed by atoms with E-state index >= 15 is 0 Å². The Morgan fingerprint density at radius 2 is 2.20 bits per heavy atom. The molecule has 0 radical (unpaired) electrons. The van der Waals surface area contributed by atoms with Crippen molar-refractivity contribution in [3.8, 4) is 0 Å². The van der Waals surface area contributed by atoms with E-state index in [1.165, 1.54) is 4.88 Å². The fourth-order valence-corrected chi connectivity index (χ4v) is 2.21. The first kappa shape index (κ1) is 12.6. The summed E-state index contributed by atoms with van der Waals surface area (Å²) in [4.78, 5) is 3.57. The number of rotatable bonds is 5. The molecular weight excluding hydrogens is 206 g/mol. The van der Waals surface area contributed by atoms with Crippen LogP contribution in [0.5, 0.6) is 0 Å². The number of thiophene rings is 1. The Bertz CT molecular complexity index is 280. The highest BCUT2D eigenvalue weighted by Crippen LogP contribution is 2.21. The molecule has 0 aliphatic carbocycles. The standard InChI is InChI=1S/C11H21N3S/c1-11(2,14(3)4)10(13-12)8-9-6-5-7-15-9/h5-7,10,13H,8,12H2,1-4H3. The minimum atomic E-state index is 0.0404. The second kappa shape index (κ2) is 5.07. The van der Waals surface area contributed by atoms with Crippen LogP contribution in [0.25, 0.3) is 0 Å². The van der Waals surface area contributed by atoms with Crippen LogP contribution >= 0.6 is 11.3 Å². The van der Waals surface area contributed by atoms with Crippen molar-refractivity contribution in [1.29, 1.82) is 0 Å². The fraction of sp³-hybridized carbons (Fsp3) is 0.636. The van der Waals surface area contributed by atoms with Gasteiger partial charge in [0.05, 0.1) is 0 Å². The van der Waals surface area contributed by atoms with E-state index in [0.29, 0.717) is 0 Å². The van der Waals surface area contributed by atoms with Crippen molar-refractivity contribution in [3.63, 3.8) is 0 Å². The zero-order chi connectivity index (χ0) is 11.5. The average molecular weight is 227 g/mol. The van der Waals surface area contributed by atoms with Crippen LogP contribution in [0.4, 0.5) is 0 Å². The third-order valence-corrected chi connectivity index (χ3v) is 4.09. The molecule has 3 N–H and O–H groups in total. The van der Waals surface area contributed by atoms with E-state index in [2.05, 4.69) is 55.8 Å². The molecule has 0 saturated carbocycles. The molecular formula is C11H21N3S. The molecule has 1 rings (SSSR count). The van der Waals surface area contributed by atoms with Crippen LogP contribution in [0.2, 0.25) is 0 Å². The SMILES string of the molecule is CN(C)C(C)(C)C(Cc1cccs1)NN. The molecule has 15 heavy (non-hydrogen) atoms. The van der Waals surface area contributed by atoms with Gasteiger partial charge in [-0.2, -0.15) is 0 Å². The van der Waals surface area contributed by atoms with Crippen LogP contribution in [0.15, 0.2) is 17.5 Å². The van der Waals surface area contributed by atoms with Crippen molar-refractivity contribution < 1.29 is 0 Å². The lowest BCUT2D eigenvalue weighted by molar-refractivity contribution is 0.138. The first-order valence-corrected chi connectivity index (χ1v) is 6.02. The van der Waals surface area contributed by atoms with Gasteiger partial charge in [-0.1, -0.05) is 6.07 Å². The van der Waals surface area contributed by atoms with Gasteiger partial charge in [0.25, 0.3) is 0 Å². The summed E-state index contributed by atoms with van der Waals surface area (Å²) in [6, 6.07) is 4.49. The maximum atomic E-state index is 5.64. The van der Waals surface area contributed by atoms with Crippen molar-refractivity contribution in [1.82, 2.24) is 10.3 Å². The highest BCUT2D eigenvalue weighted by atomic mass is 32.1. The number of nitrogens with two attached hydrogens (primary N) is 1.